The van der Waals surface area contributed by atoms with Crippen molar-refractivity contribution in [1.29, 1.82) is 0 Å². The highest BCUT2D eigenvalue weighted by Gasteiger charge is 2.48. The van der Waals surface area contributed by atoms with Gasteiger partial charge in [0.2, 0.25) is 0 Å². The topological polar surface area (TPSA) is 3.24 Å². The Bertz CT molecular complexity index is 759. The molecular weight excluding hydrogens is 326 g/mol. The number of benzene rings is 1. The van der Waals surface area contributed by atoms with Crippen LogP contribution in [0.4, 0.5) is 0 Å². The summed E-state index contributed by atoms with van der Waals surface area (Å²) in [6, 6.07) is 11.1. The van der Waals surface area contributed by atoms with Crippen LogP contribution in [0.1, 0.15) is 66.9 Å². The molecule has 1 fully saturated rings. The van der Waals surface area contributed by atoms with Crippen molar-refractivity contribution in [2.45, 2.75) is 72.3 Å². The molecule has 2 aliphatic rings. The van der Waals surface area contributed by atoms with Crippen molar-refractivity contribution >= 4 is 0 Å². The first-order valence-electron chi connectivity index (χ1n) is 10.6. The third kappa shape index (κ3) is 3.94. The number of nitrogens with zero attached hydrogens (tertiary/aromatic N) is 1. The van der Waals surface area contributed by atoms with Crippen LogP contribution in [0.3, 0.4) is 0 Å². The van der Waals surface area contributed by atoms with Gasteiger partial charge < -0.3 is 4.90 Å². The van der Waals surface area contributed by atoms with Crippen molar-refractivity contribution in [2.24, 2.45) is 17.8 Å². The van der Waals surface area contributed by atoms with Crippen LogP contribution in [-0.2, 0) is 5.41 Å². The Morgan fingerprint density at radius 2 is 1.74 bits per heavy atom. The molecule has 0 radical (unpaired) electrons. The van der Waals surface area contributed by atoms with Crippen molar-refractivity contribution < 1.29 is 0 Å². The van der Waals surface area contributed by atoms with Crippen LogP contribution >= 0.6 is 0 Å². The molecule has 3 rings (SSSR count). The molecule has 0 bridgehead atoms. The van der Waals surface area contributed by atoms with Crippen LogP contribution in [0.5, 0.6) is 0 Å². The predicted octanol–water partition coefficient (Wildman–Crippen LogP) is 6.73. The average molecular weight is 364 g/mol. The van der Waals surface area contributed by atoms with Gasteiger partial charge in [0.15, 0.2) is 0 Å². The molecule has 1 nitrogen and oxygen atoms in total. The van der Waals surface area contributed by atoms with Gasteiger partial charge in [0.25, 0.3) is 0 Å². The molecule has 146 valence electrons. The van der Waals surface area contributed by atoms with Gasteiger partial charge in [0.05, 0.1) is 0 Å². The quantitative estimate of drug-likeness (QED) is 0.524. The van der Waals surface area contributed by atoms with E-state index >= 15 is 0 Å². The molecule has 0 N–H and O–H groups in total. The van der Waals surface area contributed by atoms with Crippen molar-refractivity contribution in [3.63, 3.8) is 0 Å². The zero-order valence-corrected chi connectivity index (χ0v) is 18.3. The molecule has 0 spiro atoms. The summed E-state index contributed by atoms with van der Waals surface area (Å²) in [5.74, 6) is 1.68. The van der Waals surface area contributed by atoms with Gasteiger partial charge in [0.1, 0.15) is 0 Å². The Kier molecular flexibility index (Phi) is 5.46. The van der Waals surface area contributed by atoms with Crippen LogP contribution < -0.4 is 0 Å². The van der Waals surface area contributed by atoms with E-state index < -0.39 is 0 Å². The maximum atomic E-state index is 3.47. The molecule has 27 heavy (non-hydrogen) atoms. The van der Waals surface area contributed by atoms with Gasteiger partial charge in [-0.05, 0) is 61.8 Å². The van der Waals surface area contributed by atoms with E-state index in [0.717, 1.165) is 6.54 Å². The van der Waals surface area contributed by atoms with E-state index in [4.69, 9.17) is 0 Å². The third-order valence-corrected chi connectivity index (χ3v) is 6.35. The highest BCUT2D eigenvalue weighted by Crippen LogP contribution is 2.48. The summed E-state index contributed by atoms with van der Waals surface area (Å²) in [6.07, 6.45) is 6.93. The highest BCUT2D eigenvalue weighted by molar-refractivity contribution is 5.38. The first-order chi connectivity index (χ1) is 12.6. The van der Waals surface area contributed by atoms with E-state index in [1.807, 2.05) is 0 Å². The summed E-state index contributed by atoms with van der Waals surface area (Å²) in [7, 11) is 0. The minimum absolute atomic E-state index is 0.147. The molecule has 1 aromatic rings. The summed E-state index contributed by atoms with van der Waals surface area (Å²) < 4.78 is 0. The Morgan fingerprint density at radius 1 is 1.07 bits per heavy atom. The summed E-state index contributed by atoms with van der Waals surface area (Å²) in [5.41, 5.74) is 8.31. The lowest BCUT2D eigenvalue weighted by atomic mass is 9.78. The second-order valence-corrected chi connectivity index (χ2v) is 10.2. The van der Waals surface area contributed by atoms with E-state index in [-0.39, 0.29) is 11.0 Å². The Morgan fingerprint density at radius 3 is 2.33 bits per heavy atom. The van der Waals surface area contributed by atoms with Gasteiger partial charge in [-0.2, -0.15) is 0 Å². The second kappa shape index (κ2) is 7.36. The molecule has 0 amide bonds. The summed E-state index contributed by atoms with van der Waals surface area (Å²) >= 11 is 0. The predicted molar refractivity (Wildman–Crippen MR) is 117 cm³/mol. The molecule has 1 aliphatic carbocycles. The molecule has 2 atom stereocenters. The molecule has 1 aromatic carbocycles. The third-order valence-electron chi connectivity index (χ3n) is 6.35. The Hall–Kier alpha value is -1.72. The molecule has 1 aliphatic heterocycles. The van der Waals surface area contributed by atoms with Gasteiger partial charge in [-0.25, -0.2) is 0 Å². The minimum Gasteiger partial charge on any atom is -0.368 e. The SMILES string of the molecule is CC(C)CC1C=C=CC(C(C)C)=C1N1CC(C)(c2ccccc2)CC1(C)C. The van der Waals surface area contributed by atoms with Crippen LogP contribution in [0.15, 0.2) is 59.5 Å². The Labute approximate surface area is 166 Å². The first-order valence-corrected chi connectivity index (χ1v) is 10.6. The second-order valence-electron chi connectivity index (χ2n) is 10.2. The van der Waals surface area contributed by atoms with Gasteiger partial charge in [-0.15, -0.1) is 5.73 Å². The fourth-order valence-corrected chi connectivity index (χ4v) is 5.24. The number of likely N-dealkylation sites (tertiary alicyclic amines) is 1. The molecule has 0 saturated carbocycles. The van der Waals surface area contributed by atoms with E-state index in [9.17, 15) is 0 Å². The lowest BCUT2D eigenvalue weighted by molar-refractivity contribution is 0.200. The zero-order valence-electron chi connectivity index (χ0n) is 18.3. The van der Waals surface area contributed by atoms with Gasteiger partial charge in [-0.3, -0.25) is 0 Å². The summed E-state index contributed by atoms with van der Waals surface area (Å²) in [6.45, 7) is 17.7. The summed E-state index contributed by atoms with van der Waals surface area (Å²) in [4.78, 5) is 2.75. The smallest absolute Gasteiger partial charge is 0.0352 e. The van der Waals surface area contributed by atoms with Gasteiger partial charge >= 0.3 is 0 Å². The zero-order chi connectivity index (χ0) is 19.8. The monoisotopic (exact) mass is 363 g/mol. The van der Waals surface area contributed by atoms with E-state index in [2.05, 4.69) is 102 Å². The maximum absolute atomic E-state index is 3.47. The van der Waals surface area contributed by atoms with Crippen molar-refractivity contribution in [1.82, 2.24) is 4.90 Å². The molecule has 1 heterocycles. The number of hydrogen-bond donors (Lipinski definition) is 0. The van der Waals surface area contributed by atoms with Gasteiger partial charge in [-0.1, -0.05) is 65.0 Å². The fourth-order valence-electron chi connectivity index (χ4n) is 5.24. The van der Waals surface area contributed by atoms with Crippen LogP contribution in [-0.4, -0.2) is 17.0 Å². The van der Waals surface area contributed by atoms with Crippen molar-refractivity contribution in [3.05, 3.63) is 65.0 Å². The van der Waals surface area contributed by atoms with Crippen molar-refractivity contribution in [3.8, 4) is 0 Å². The normalized spacial score (nSPS) is 27.3. The van der Waals surface area contributed by atoms with E-state index in [0.29, 0.717) is 17.8 Å². The lowest BCUT2D eigenvalue weighted by Gasteiger charge is -2.41. The first kappa shape index (κ1) is 20.0. The Balaban J connectivity index is 2.05. The fraction of sp³-hybridized carbons (Fsp3) is 0.577. The van der Waals surface area contributed by atoms with Crippen LogP contribution in [0, 0.1) is 17.8 Å². The highest BCUT2D eigenvalue weighted by atomic mass is 15.2. The van der Waals surface area contributed by atoms with Crippen molar-refractivity contribution in [2.75, 3.05) is 6.54 Å². The molecular formula is C26H37N. The molecule has 1 saturated heterocycles. The average Bonchev–Trinajstić information content (AvgIpc) is 2.85. The van der Waals surface area contributed by atoms with E-state index in [1.54, 1.807) is 5.70 Å². The molecule has 2 unspecified atom stereocenters. The largest absolute Gasteiger partial charge is 0.368 e. The number of rotatable bonds is 5. The molecule has 0 aromatic heterocycles. The lowest BCUT2D eigenvalue weighted by Crippen LogP contribution is -2.41. The van der Waals surface area contributed by atoms with Crippen LogP contribution in [0.25, 0.3) is 0 Å². The van der Waals surface area contributed by atoms with Gasteiger partial charge in [0, 0.05) is 29.1 Å². The van der Waals surface area contributed by atoms with E-state index in [1.165, 1.54) is 24.0 Å². The number of allylic oxidation sites excluding steroid dienone is 2. The maximum Gasteiger partial charge on any atom is 0.0352 e. The standard InChI is InChI=1S/C26H37N/c1-19(2)16-21-12-11-15-23(20(3)4)24(21)27-18-26(7,17-25(27,5)6)22-13-9-8-10-14-22/h8-10,12-15,19-21H,16-18H2,1-7H3. The molecule has 1 heteroatoms. The summed E-state index contributed by atoms with van der Waals surface area (Å²) in [5, 5.41) is 0. The van der Waals surface area contributed by atoms with Crippen LogP contribution in [0.2, 0.25) is 0 Å². The minimum atomic E-state index is 0.147. The number of hydrogen-bond acceptors (Lipinski definition) is 1.